The zero-order valence-electron chi connectivity index (χ0n) is 15.8. The van der Waals surface area contributed by atoms with Gasteiger partial charge in [0.2, 0.25) is 0 Å². The minimum absolute atomic E-state index is 0.479. The maximum Gasteiger partial charge on any atom is 0.0963 e. The lowest BCUT2D eigenvalue weighted by atomic mass is 10.1. The lowest BCUT2D eigenvalue weighted by Gasteiger charge is -2.34. The molecule has 2 aromatic heterocycles. The zero-order chi connectivity index (χ0) is 18.5. The lowest BCUT2D eigenvalue weighted by molar-refractivity contribution is 0.0121. The van der Waals surface area contributed by atoms with Gasteiger partial charge < -0.3 is 9.30 Å². The van der Waals surface area contributed by atoms with Crippen LogP contribution >= 0.6 is 0 Å². The summed E-state index contributed by atoms with van der Waals surface area (Å²) in [7, 11) is 0. The molecule has 1 saturated heterocycles. The van der Waals surface area contributed by atoms with E-state index in [0.717, 1.165) is 61.8 Å². The van der Waals surface area contributed by atoms with Crippen molar-refractivity contribution in [2.45, 2.75) is 25.9 Å². The van der Waals surface area contributed by atoms with E-state index in [9.17, 15) is 0 Å². The second kappa shape index (κ2) is 8.46. The summed E-state index contributed by atoms with van der Waals surface area (Å²) < 4.78 is 7.84. The average molecular weight is 362 g/mol. The van der Waals surface area contributed by atoms with Crippen molar-refractivity contribution in [2.75, 3.05) is 26.3 Å². The first-order valence-electron chi connectivity index (χ1n) is 9.69. The Morgan fingerprint density at radius 1 is 1.00 bits per heavy atom. The van der Waals surface area contributed by atoms with E-state index in [-0.39, 0.29) is 0 Å². The van der Waals surface area contributed by atoms with Crippen molar-refractivity contribution < 1.29 is 4.74 Å². The molecule has 1 aromatic carbocycles. The van der Waals surface area contributed by atoms with Crippen LogP contribution in [0.5, 0.6) is 0 Å². The number of pyridine rings is 1. The summed E-state index contributed by atoms with van der Waals surface area (Å²) in [5.41, 5.74) is 4.48. The van der Waals surface area contributed by atoms with Crippen molar-refractivity contribution in [1.82, 2.24) is 19.4 Å². The molecular weight excluding hydrogens is 336 g/mol. The van der Waals surface area contributed by atoms with Crippen molar-refractivity contribution in [3.05, 3.63) is 61.2 Å². The molecule has 5 heteroatoms. The van der Waals surface area contributed by atoms with Crippen LogP contribution in [0.1, 0.15) is 13.3 Å². The summed E-state index contributed by atoms with van der Waals surface area (Å²) in [4.78, 5) is 11.5. The number of benzene rings is 1. The van der Waals surface area contributed by atoms with Gasteiger partial charge in [0, 0.05) is 49.2 Å². The molecular formula is C22H26N4O. The maximum atomic E-state index is 5.53. The van der Waals surface area contributed by atoms with Crippen molar-refractivity contribution in [3.63, 3.8) is 0 Å². The van der Waals surface area contributed by atoms with E-state index in [4.69, 9.17) is 9.72 Å². The predicted octanol–water partition coefficient (Wildman–Crippen LogP) is 3.72. The van der Waals surface area contributed by atoms with Crippen LogP contribution in [0.3, 0.4) is 0 Å². The molecule has 140 valence electrons. The molecule has 0 radical (unpaired) electrons. The van der Waals surface area contributed by atoms with Crippen LogP contribution in [0.2, 0.25) is 0 Å². The minimum Gasteiger partial charge on any atom is -0.379 e. The normalized spacial score (nSPS) is 16.3. The van der Waals surface area contributed by atoms with Crippen molar-refractivity contribution in [2.24, 2.45) is 0 Å². The molecule has 1 fully saturated rings. The number of aromatic nitrogens is 3. The Kier molecular flexibility index (Phi) is 5.61. The van der Waals surface area contributed by atoms with Gasteiger partial charge in [-0.3, -0.25) is 9.88 Å². The number of imidazole rings is 1. The highest BCUT2D eigenvalue weighted by Gasteiger charge is 2.22. The highest BCUT2D eigenvalue weighted by Crippen LogP contribution is 2.31. The molecule has 3 heterocycles. The average Bonchev–Trinajstić information content (AvgIpc) is 3.17. The Bertz CT molecular complexity index is 841. The van der Waals surface area contributed by atoms with Crippen LogP contribution in [0.25, 0.3) is 22.5 Å². The largest absolute Gasteiger partial charge is 0.379 e. The van der Waals surface area contributed by atoms with Gasteiger partial charge in [0.15, 0.2) is 0 Å². The number of hydrogen-bond donors (Lipinski definition) is 0. The molecule has 4 rings (SSSR count). The van der Waals surface area contributed by atoms with Gasteiger partial charge in [-0.05, 0) is 18.6 Å². The van der Waals surface area contributed by atoms with Gasteiger partial charge in [-0.15, -0.1) is 0 Å². The molecule has 27 heavy (non-hydrogen) atoms. The molecule has 0 aliphatic carbocycles. The third-order valence-corrected chi connectivity index (χ3v) is 5.28. The van der Waals surface area contributed by atoms with Crippen LogP contribution in [-0.2, 0) is 11.3 Å². The number of morpholine rings is 1. The molecule has 0 unspecified atom stereocenters. The molecule has 1 aliphatic rings. The fraction of sp³-hybridized carbons (Fsp3) is 0.364. The summed E-state index contributed by atoms with van der Waals surface area (Å²) in [6.45, 7) is 6.85. The molecule has 0 amide bonds. The zero-order valence-corrected chi connectivity index (χ0v) is 15.8. The SMILES string of the molecule is CC[C@H](Cn1cnc(-c2ccccc2)c1-c1ccncc1)N1CCOCC1. The second-order valence-electron chi connectivity index (χ2n) is 6.91. The lowest BCUT2D eigenvalue weighted by Crippen LogP contribution is -2.45. The van der Waals surface area contributed by atoms with Gasteiger partial charge in [-0.25, -0.2) is 4.98 Å². The van der Waals surface area contributed by atoms with Gasteiger partial charge in [-0.1, -0.05) is 37.3 Å². The number of hydrogen-bond acceptors (Lipinski definition) is 4. The number of nitrogens with zero attached hydrogens (tertiary/aromatic N) is 4. The molecule has 0 bridgehead atoms. The molecule has 0 spiro atoms. The molecule has 0 saturated carbocycles. The van der Waals surface area contributed by atoms with Crippen LogP contribution in [0, 0.1) is 0 Å². The summed E-state index contributed by atoms with van der Waals surface area (Å²) in [5, 5.41) is 0. The van der Waals surface area contributed by atoms with Crippen molar-refractivity contribution >= 4 is 0 Å². The third-order valence-electron chi connectivity index (χ3n) is 5.28. The Morgan fingerprint density at radius 3 is 2.44 bits per heavy atom. The van der Waals surface area contributed by atoms with Crippen molar-refractivity contribution in [3.8, 4) is 22.5 Å². The van der Waals surface area contributed by atoms with E-state index in [1.165, 1.54) is 0 Å². The number of ether oxygens (including phenoxy) is 1. The van der Waals surface area contributed by atoms with Crippen LogP contribution in [0.15, 0.2) is 61.2 Å². The Labute approximate surface area is 160 Å². The summed E-state index contributed by atoms with van der Waals surface area (Å²) >= 11 is 0. The van der Waals surface area contributed by atoms with E-state index >= 15 is 0 Å². The minimum atomic E-state index is 0.479. The molecule has 1 atom stereocenters. The summed E-state index contributed by atoms with van der Waals surface area (Å²) in [6.07, 6.45) is 6.79. The van der Waals surface area contributed by atoms with Crippen LogP contribution in [0.4, 0.5) is 0 Å². The highest BCUT2D eigenvalue weighted by molar-refractivity contribution is 5.78. The van der Waals surface area contributed by atoms with E-state index in [2.05, 4.69) is 57.8 Å². The monoisotopic (exact) mass is 362 g/mol. The van der Waals surface area contributed by atoms with Crippen molar-refractivity contribution in [1.29, 1.82) is 0 Å². The fourth-order valence-corrected chi connectivity index (χ4v) is 3.81. The summed E-state index contributed by atoms with van der Waals surface area (Å²) in [6, 6.07) is 15.0. The fourth-order valence-electron chi connectivity index (χ4n) is 3.81. The smallest absolute Gasteiger partial charge is 0.0963 e. The highest BCUT2D eigenvalue weighted by atomic mass is 16.5. The standard InChI is InChI=1S/C22H26N4O/c1-2-20(25-12-14-27-15-13-25)16-26-17-24-21(18-6-4-3-5-7-18)22(26)19-8-10-23-11-9-19/h3-11,17,20H,2,12-16H2,1H3/t20-/m1/s1. The van der Waals surface area contributed by atoms with Gasteiger partial charge in [0.25, 0.3) is 0 Å². The topological polar surface area (TPSA) is 43.2 Å². The van der Waals surface area contributed by atoms with E-state index < -0.39 is 0 Å². The first-order valence-corrected chi connectivity index (χ1v) is 9.69. The van der Waals surface area contributed by atoms with Gasteiger partial charge >= 0.3 is 0 Å². The van der Waals surface area contributed by atoms with E-state index in [1.54, 1.807) is 0 Å². The van der Waals surface area contributed by atoms with E-state index in [1.807, 2.05) is 24.8 Å². The molecule has 3 aromatic rings. The quantitative estimate of drug-likeness (QED) is 0.670. The Morgan fingerprint density at radius 2 is 1.74 bits per heavy atom. The molecule has 5 nitrogen and oxygen atoms in total. The summed E-state index contributed by atoms with van der Waals surface area (Å²) in [5.74, 6) is 0. The van der Waals surface area contributed by atoms with Gasteiger partial charge in [0.1, 0.15) is 0 Å². The Balaban J connectivity index is 1.71. The van der Waals surface area contributed by atoms with Crippen LogP contribution in [-0.4, -0.2) is 51.8 Å². The third kappa shape index (κ3) is 3.94. The number of rotatable bonds is 6. The first kappa shape index (κ1) is 17.9. The van der Waals surface area contributed by atoms with Gasteiger partial charge in [0.05, 0.1) is 30.9 Å². The van der Waals surface area contributed by atoms with E-state index in [0.29, 0.717) is 6.04 Å². The molecule has 1 aliphatic heterocycles. The Hall–Kier alpha value is -2.50. The second-order valence-corrected chi connectivity index (χ2v) is 6.91. The first-order chi connectivity index (χ1) is 13.4. The molecule has 0 N–H and O–H groups in total. The maximum absolute atomic E-state index is 5.53. The predicted molar refractivity (Wildman–Crippen MR) is 107 cm³/mol. The van der Waals surface area contributed by atoms with Crippen LogP contribution < -0.4 is 0 Å². The van der Waals surface area contributed by atoms with Gasteiger partial charge in [-0.2, -0.15) is 0 Å².